The molecule has 2 aromatic carbocycles. The molecule has 2 amide bonds. The molecule has 1 heterocycles. The van der Waals surface area contributed by atoms with Crippen LogP contribution in [-0.2, 0) is 16.0 Å². The van der Waals surface area contributed by atoms with Gasteiger partial charge in [0.2, 0.25) is 11.8 Å². The number of carbonyl (C=O) groups excluding carboxylic acids is 2. The Morgan fingerprint density at radius 2 is 1.77 bits per heavy atom. The number of nitrogens with one attached hydrogen (secondary N) is 3. The topological polar surface area (TPSA) is 85.8 Å². The second-order valence-corrected chi connectivity index (χ2v) is 7.37. The minimum absolute atomic E-state index is 0.112. The molecule has 0 aliphatic carbocycles. The Kier molecular flexibility index (Phi) is 7.83. The van der Waals surface area contributed by atoms with Crippen LogP contribution in [0.2, 0.25) is 0 Å². The lowest BCUT2D eigenvalue weighted by Crippen LogP contribution is -2.43. The summed E-state index contributed by atoms with van der Waals surface area (Å²) in [5.74, 6) is 0.827. The second kappa shape index (κ2) is 11.0. The van der Waals surface area contributed by atoms with Crippen LogP contribution in [0, 0.1) is 5.92 Å². The largest absolute Gasteiger partial charge is 0.356 e. The average Bonchev–Trinajstić information content (AvgIpc) is 3.13. The standard InChI is InChI=1S/C23H29N5O2/c1-24-23(26-16-21(29)27-20-10-6-3-7-11-20)25-15-19-14-22(30)28(17-19)13-12-18-8-4-2-5-9-18/h2-11,19H,12-17H2,1H3,(H,27,29)(H2,24,25,26). The lowest BCUT2D eigenvalue weighted by molar-refractivity contribution is -0.127. The van der Waals surface area contributed by atoms with E-state index in [1.807, 2.05) is 53.4 Å². The highest BCUT2D eigenvalue weighted by atomic mass is 16.2. The van der Waals surface area contributed by atoms with Gasteiger partial charge in [-0.2, -0.15) is 0 Å². The number of guanidine groups is 1. The molecule has 1 fully saturated rings. The van der Waals surface area contributed by atoms with Gasteiger partial charge in [-0.25, -0.2) is 0 Å². The van der Waals surface area contributed by atoms with Crippen molar-refractivity contribution in [2.75, 3.05) is 38.5 Å². The van der Waals surface area contributed by atoms with E-state index < -0.39 is 0 Å². The molecule has 0 bridgehead atoms. The van der Waals surface area contributed by atoms with E-state index >= 15 is 0 Å². The molecule has 1 unspecified atom stereocenters. The number of para-hydroxylation sites is 1. The SMILES string of the molecule is CN=C(NCC(=O)Nc1ccccc1)NCC1CC(=O)N(CCc2ccccc2)C1. The Bertz CT molecular complexity index is 854. The second-order valence-electron chi connectivity index (χ2n) is 7.37. The molecule has 30 heavy (non-hydrogen) atoms. The van der Waals surface area contributed by atoms with Crippen LogP contribution >= 0.6 is 0 Å². The molecule has 0 aromatic heterocycles. The number of likely N-dealkylation sites (tertiary alicyclic amines) is 1. The third kappa shape index (κ3) is 6.62. The van der Waals surface area contributed by atoms with E-state index in [0.29, 0.717) is 18.9 Å². The summed E-state index contributed by atoms with van der Waals surface area (Å²) in [6.07, 6.45) is 1.40. The predicted molar refractivity (Wildman–Crippen MR) is 119 cm³/mol. The average molecular weight is 408 g/mol. The van der Waals surface area contributed by atoms with E-state index in [4.69, 9.17) is 0 Å². The smallest absolute Gasteiger partial charge is 0.243 e. The fourth-order valence-corrected chi connectivity index (χ4v) is 3.47. The molecule has 0 spiro atoms. The van der Waals surface area contributed by atoms with Crippen LogP contribution in [0.4, 0.5) is 5.69 Å². The molecule has 158 valence electrons. The summed E-state index contributed by atoms with van der Waals surface area (Å²) in [5, 5.41) is 9.06. The first kappa shape index (κ1) is 21.4. The van der Waals surface area contributed by atoms with E-state index in [0.717, 1.165) is 25.2 Å². The molecule has 1 aliphatic rings. The van der Waals surface area contributed by atoms with Crippen molar-refractivity contribution in [2.45, 2.75) is 12.8 Å². The van der Waals surface area contributed by atoms with E-state index in [1.54, 1.807) is 7.05 Å². The van der Waals surface area contributed by atoms with Gasteiger partial charge in [0, 0.05) is 44.7 Å². The van der Waals surface area contributed by atoms with E-state index in [2.05, 4.69) is 33.1 Å². The van der Waals surface area contributed by atoms with Gasteiger partial charge in [-0.05, 0) is 24.1 Å². The van der Waals surface area contributed by atoms with Crippen LogP contribution < -0.4 is 16.0 Å². The molecular weight excluding hydrogens is 378 g/mol. The first-order valence-electron chi connectivity index (χ1n) is 10.2. The number of hydrogen-bond acceptors (Lipinski definition) is 3. The quantitative estimate of drug-likeness (QED) is 0.461. The van der Waals surface area contributed by atoms with Gasteiger partial charge in [-0.1, -0.05) is 48.5 Å². The number of nitrogens with zero attached hydrogens (tertiary/aromatic N) is 2. The molecule has 0 radical (unpaired) electrons. The van der Waals surface area contributed by atoms with Gasteiger partial charge in [0.05, 0.1) is 6.54 Å². The van der Waals surface area contributed by atoms with Crippen molar-refractivity contribution in [3.05, 3.63) is 66.2 Å². The van der Waals surface area contributed by atoms with Crippen LogP contribution in [0.5, 0.6) is 0 Å². The minimum atomic E-state index is -0.146. The fraction of sp³-hybridized carbons (Fsp3) is 0.348. The highest BCUT2D eigenvalue weighted by molar-refractivity contribution is 5.94. The Morgan fingerprint density at radius 3 is 2.47 bits per heavy atom. The zero-order valence-electron chi connectivity index (χ0n) is 17.3. The molecule has 1 atom stereocenters. The molecular formula is C23H29N5O2. The van der Waals surface area contributed by atoms with Crippen molar-refractivity contribution in [3.63, 3.8) is 0 Å². The van der Waals surface area contributed by atoms with Crippen molar-refractivity contribution in [2.24, 2.45) is 10.9 Å². The molecule has 7 heteroatoms. The van der Waals surface area contributed by atoms with Crippen molar-refractivity contribution in [3.8, 4) is 0 Å². The van der Waals surface area contributed by atoms with Crippen LogP contribution in [0.1, 0.15) is 12.0 Å². The molecule has 0 saturated carbocycles. The first-order valence-corrected chi connectivity index (χ1v) is 10.2. The minimum Gasteiger partial charge on any atom is -0.356 e. The first-order chi connectivity index (χ1) is 14.6. The number of amides is 2. The number of aliphatic imine (C=N–C) groups is 1. The molecule has 1 saturated heterocycles. The van der Waals surface area contributed by atoms with E-state index in [-0.39, 0.29) is 24.3 Å². The summed E-state index contributed by atoms with van der Waals surface area (Å²) >= 11 is 0. The molecule has 1 aliphatic heterocycles. The highest BCUT2D eigenvalue weighted by Crippen LogP contribution is 2.17. The Labute approximate surface area is 177 Å². The summed E-state index contributed by atoms with van der Waals surface area (Å²) in [6, 6.07) is 19.5. The van der Waals surface area contributed by atoms with Crippen molar-refractivity contribution >= 4 is 23.5 Å². The number of carbonyl (C=O) groups is 2. The third-order valence-electron chi connectivity index (χ3n) is 5.06. The van der Waals surface area contributed by atoms with Gasteiger partial charge < -0.3 is 20.9 Å². The van der Waals surface area contributed by atoms with Gasteiger partial charge in [0.25, 0.3) is 0 Å². The number of anilines is 1. The molecule has 3 N–H and O–H groups in total. The van der Waals surface area contributed by atoms with Crippen LogP contribution in [-0.4, -0.2) is 55.9 Å². The fourth-order valence-electron chi connectivity index (χ4n) is 3.47. The van der Waals surface area contributed by atoms with Crippen LogP contribution in [0.3, 0.4) is 0 Å². The number of hydrogen-bond donors (Lipinski definition) is 3. The molecule has 2 aromatic rings. The van der Waals surface area contributed by atoms with Gasteiger partial charge in [-0.15, -0.1) is 0 Å². The normalized spacial score (nSPS) is 16.4. The maximum atomic E-state index is 12.3. The summed E-state index contributed by atoms with van der Waals surface area (Å²) in [4.78, 5) is 30.5. The zero-order chi connectivity index (χ0) is 21.2. The van der Waals surface area contributed by atoms with Gasteiger partial charge in [-0.3, -0.25) is 14.6 Å². The summed E-state index contributed by atoms with van der Waals surface area (Å²) < 4.78 is 0. The monoisotopic (exact) mass is 407 g/mol. The van der Waals surface area contributed by atoms with Crippen molar-refractivity contribution in [1.29, 1.82) is 0 Å². The summed E-state index contributed by atoms with van der Waals surface area (Å²) in [7, 11) is 1.66. The predicted octanol–water partition coefficient (Wildman–Crippen LogP) is 1.88. The lowest BCUT2D eigenvalue weighted by atomic mass is 10.1. The van der Waals surface area contributed by atoms with E-state index in [9.17, 15) is 9.59 Å². The van der Waals surface area contributed by atoms with Gasteiger partial charge >= 0.3 is 0 Å². The summed E-state index contributed by atoms with van der Waals surface area (Å²) in [6.45, 7) is 2.23. The summed E-state index contributed by atoms with van der Waals surface area (Å²) in [5.41, 5.74) is 2.00. The molecule has 3 rings (SSSR count). The van der Waals surface area contributed by atoms with Gasteiger partial charge in [0.15, 0.2) is 5.96 Å². The molecule has 7 nitrogen and oxygen atoms in total. The van der Waals surface area contributed by atoms with Crippen molar-refractivity contribution < 1.29 is 9.59 Å². The maximum absolute atomic E-state index is 12.3. The van der Waals surface area contributed by atoms with Crippen molar-refractivity contribution in [1.82, 2.24) is 15.5 Å². The third-order valence-corrected chi connectivity index (χ3v) is 5.06. The maximum Gasteiger partial charge on any atom is 0.243 e. The lowest BCUT2D eigenvalue weighted by Gasteiger charge is -2.18. The highest BCUT2D eigenvalue weighted by Gasteiger charge is 2.29. The number of benzene rings is 2. The zero-order valence-corrected chi connectivity index (χ0v) is 17.3. The Morgan fingerprint density at radius 1 is 1.07 bits per heavy atom. The van der Waals surface area contributed by atoms with Gasteiger partial charge in [0.1, 0.15) is 0 Å². The number of rotatable bonds is 8. The van der Waals surface area contributed by atoms with Crippen LogP contribution in [0.15, 0.2) is 65.7 Å². The Balaban J connectivity index is 1.37. The van der Waals surface area contributed by atoms with Crippen LogP contribution in [0.25, 0.3) is 0 Å². The van der Waals surface area contributed by atoms with E-state index in [1.165, 1.54) is 5.56 Å². The Hall–Kier alpha value is -3.35.